The van der Waals surface area contributed by atoms with Gasteiger partial charge in [0.2, 0.25) is 5.91 Å². The number of carbonyl (C=O) groups is 4. The van der Waals surface area contributed by atoms with Crippen molar-refractivity contribution in [2.45, 2.75) is 43.9 Å². The number of halogens is 2. The van der Waals surface area contributed by atoms with Gasteiger partial charge in [-0.25, -0.2) is 14.1 Å². The highest BCUT2D eigenvalue weighted by Gasteiger charge is 2.33. The highest BCUT2D eigenvalue weighted by Crippen LogP contribution is 2.36. The predicted molar refractivity (Wildman–Crippen MR) is 124 cm³/mol. The molecule has 0 aliphatic heterocycles. The van der Waals surface area contributed by atoms with E-state index in [4.69, 9.17) is 16.3 Å². The van der Waals surface area contributed by atoms with E-state index in [-0.39, 0.29) is 47.1 Å². The molecule has 1 aliphatic rings. The molecular weight excluding hydrogens is 473 g/mol. The Balaban J connectivity index is 2.53. The first kappa shape index (κ1) is 26.6. The molecule has 0 spiro atoms. The highest BCUT2D eigenvalue weighted by molar-refractivity contribution is 8.00. The Morgan fingerprint density at radius 1 is 1.21 bits per heavy atom. The van der Waals surface area contributed by atoms with Crippen LogP contribution in [0.15, 0.2) is 40.8 Å². The number of ether oxygens (including phenoxy) is 2. The molecular formula is C23H25ClFNO6S. The number of hydrogen-bond donors (Lipinski definition) is 0. The van der Waals surface area contributed by atoms with Crippen LogP contribution in [-0.2, 0) is 28.7 Å². The highest BCUT2D eigenvalue weighted by atomic mass is 35.5. The van der Waals surface area contributed by atoms with Gasteiger partial charge < -0.3 is 9.47 Å². The molecule has 0 radical (unpaired) electrons. The van der Waals surface area contributed by atoms with Gasteiger partial charge in [-0.05, 0) is 37.8 Å². The van der Waals surface area contributed by atoms with E-state index in [0.29, 0.717) is 24.2 Å². The maximum atomic E-state index is 14.9. The van der Waals surface area contributed by atoms with Crippen LogP contribution in [0.2, 0.25) is 5.02 Å². The van der Waals surface area contributed by atoms with E-state index in [1.54, 1.807) is 0 Å². The summed E-state index contributed by atoms with van der Waals surface area (Å²) in [5.74, 6) is -3.59. The molecule has 0 saturated carbocycles. The van der Waals surface area contributed by atoms with E-state index in [9.17, 15) is 23.6 Å². The molecule has 2 rings (SSSR count). The van der Waals surface area contributed by atoms with Crippen LogP contribution in [0.3, 0.4) is 0 Å². The number of rotatable bonds is 9. The topological polar surface area (TPSA) is 90.0 Å². The molecule has 0 aromatic heterocycles. The lowest BCUT2D eigenvalue weighted by Crippen LogP contribution is -2.39. The second-order valence-corrected chi connectivity index (χ2v) is 8.46. The third kappa shape index (κ3) is 6.68. The van der Waals surface area contributed by atoms with Crippen molar-refractivity contribution in [2.24, 2.45) is 0 Å². The quantitative estimate of drug-likeness (QED) is 0.279. The van der Waals surface area contributed by atoms with Crippen molar-refractivity contribution < 1.29 is 33.0 Å². The maximum Gasteiger partial charge on any atom is 0.334 e. The average molecular weight is 498 g/mol. The summed E-state index contributed by atoms with van der Waals surface area (Å²) in [6, 6.07) is 2.23. The molecule has 1 aliphatic carbocycles. The second kappa shape index (κ2) is 12.6. The van der Waals surface area contributed by atoms with Crippen LogP contribution in [0.25, 0.3) is 0 Å². The minimum atomic E-state index is -0.884. The summed E-state index contributed by atoms with van der Waals surface area (Å²) in [4.78, 5) is 51.3. The Labute approximate surface area is 200 Å². The molecule has 2 amide bonds. The Morgan fingerprint density at radius 3 is 2.48 bits per heavy atom. The number of methoxy groups -OCH3 is 1. The predicted octanol–water partition coefficient (Wildman–Crippen LogP) is 4.61. The minimum absolute atomic E-state index is 0.0198. The molecule has 0 unspecified atom stereocenters. The molecule has 10 heteroatoms. The molecule has 0 saturated heterocycles. The molecule has 33 heavy (non-hydrogen) atoms. The third-order valence-corrected chi connectivity index (χ3v) is 6.33. The zero-order valence-electron chi connectivity index (χ0n) is 18.4. The van der Waals surface area contributed by atoms with Gasteiger partial charge in [0.25, 0.3) is 5.91 Å². The average Bonchev–Trinajstić information content (AvgIpc) is 2.82. The van der Waals surface area contributed by atoms with Crippen molar-refractivity contribution in [1.29, 1.82) is 0 Å². The fourth-order valence-corrected chi connectivity index (χ4v) is 4.33. The summed E-state index contributed by atoms with van der Waals surface area (Å²) in [5.41, 5.74) is -0.00705. The molecule has 0 heterocycles. The fraction of sp³-hybridized carbons (Fsp3) is 0.391. The Bertz CT molecular complexity index is 993. The summed E-state index contributed by atoms with van der Waals surface area (Å²) in [5, 5.41) is 0.0204. The van der Waals surface area contributed by atoms with E-state index in [2.05, 4.69) is 11.3 Å². The van der Waals surface area contributed by atoms with Gasteiger partial charge in [-0.3, -0.25) is 14.4 Å². The monoisotopic (exact) mass is 497 g/mol. The fourth-order valence-electron chi connectivity index (χ4n) is 3.23. The van der Waals surface area contributed by atoms with Gasteiger partial charge in [-0.1, -0.05) is 31.2 Å². The van der Waals surface area contributed by atoms with E-state index in [1.165, 1.54) is 26.2 Å². The molecule has 0 bridgehead atoms. The van der Waals surface area contributed by atoms with E-state index in [1.807, 2.05) is 0 Å². The molecule has 0 N–H and O–H groups in total. The van der Waals surface area contributed by atoms with E-state index in [0.717, 1.165) is 22.7 Å². The minimum Gasteiger partial charge on any atom is -0.468 e. The molecule has 178 valence electrons. The van der Waals surface area contributed by atoms with Crippen molar-refractivity contribution in [3.05, 3.63) is 46.8 Å². The van der Waals surface area contributed by atoms with Gasteiger partial charge in [0.1, 0.15) is 12.4 Å². The molecule has 1 aromatic carbocycles. The maximum absolute atomic E-state index is 14.9. The Hall–Kier alpha value is -2.65. The lowest BCUT2D eigenvalue weighted by atomic mass is 9.90. The Kier molecular flexibility index (Phi) is 10.1. The summed E-state index contributed by atoms with van der Waals surface area (Å²) in [6.07, 6.45) is 3.21. The van der Waals surface area contributed by atoms with Crippen LogP contribution in [0.4, 0.5) is 10.1 Å². The lowest BCUT2D eigenvalue weighted by Gasteiger charge is -2.26. The summed E-state index contributed by atoms with van der Waals surface area (Å²) >= 11 is 7.09. The van der Waals surface area contributed by atoms with Crippen molar-refractivity contribution in [3.8, 4) is 0 Å². The second-order valence-electron chi connectivity index (χ2n) is 7.04. The number of anilines is 1. The number of benzene rings is 1. The Morgan fingerprint density at radius 2 is 1.88 bits per heavy atom. The normalized spacial score (nSPS) is 13.3. The van der Waals surface area contributed by atoms with Gasteiger partial charge in [0.15, 0.2) is 0 Å². The van der Waals surface area contributed by atoms with Crippen LogP contribution in [0.5, 0.6) is 0 Å². The number of hydrogen-bond acceptors (Lipinski definition) is 7. The van der Waals surface area contributed by atoms with Crippen LogP contribution < -0.4 is 4.90 Å². The number of carbonyl (C=O) groups excluding carboxylic acids is 4. The van der Waals surface area contributed by atoms with Crippen LogP contribution >= 0.6 is 23.4 Å². The first-order chi connectivity index (χ1) is 15.7. The van der Waals surface area contributed by atoms with Crippen LogP contribution in [0.1, 0.15) is 39.0 Å². The number of nitrogens with zero attached hydrogens (tertiary/aromatic N) is 1. The zero-order chi connectivity index (χ0) is 24.5. The summed E-state index contributed by atoms with van der Waals surface area (Å²) in [6.45, 7) is 5.01. The number of imide groups is 1. The smallest absolute Gasteiger partial charge is 0.334 e. The standard InChI is InChI=1S/C23H25ClFNO6S/c1-4-10-32-23(30)15-9-7-6-8-14(15)22(29)26(20(27)5-2)18-12-19(16(24)11-17(18)25)33-13-21(28)31-3/h4,11-12H,1,5-10,13H2,2-3H3. The van der Waals surface area contributed by atoms with Gasteiger partial charge in [-0.15, -0.1) is 11.8 Å². The van der Waals surface area contributed by atoms with Crippen molar-refractivity contribution in [1.82, 2.24) is 0 Å². The largest absolute Gasteiger partial charge is 0.468 e. The van der Waals surface area contributed by atoms with Gasteiger partial charge in [-0.2, -0.15) is 0 Å². The van der Waals surface area contributed by atoms with Crippen molar-refractivity contribution in [3.63, 3.8) is 0 Å². The van der Waals surface area contributed by atoms with Crippen LogP contribution in [-0.4, -0.2) is 43.2 Å². The van der Waals surface area contributed by atoms with Gasteiger partial charge in [0.05, 0.1) is 23.6 Å². The van der Waals surface area contributed by atoms with Crippen molar-refractivity contribution in [2.75, 3.05) is 24.4 Å². The van der Waals surface area contributed by atoms with E-state index < -0.39 is 29.6 Å². The third-order valence-electron chi connectivity index (χ3n) is 4.88. The molecule has 0 atom stereocenters. The molecule has 1 aromatic rings. The zero-order valence-corrected chi connectivity index (χ0v) is 20.0. The van der Waals surface area contributed by atoms with Gasteiger partial charge >= 0.3 is 11.9 Å². The van der Waals surface area contributed by atoms with E-state index >= 15 is 0 Å². The SMILES string of the molecule is C=CCOC(=O)C1=C(C(=O)N(C(=O)CC)c2cc(SCC(=O)OC)c(Cl)cc2F)CCCC1. The summed E-state index contributed by atoms with van der Waals surface area (Å²) in [7, 11) is 1.23. The van der Waals surface area contributed by atoms with Gasteiger partial charge in [0, 0.05) is 22.5 Å². The summed E-state index contributed by atoms with van der Waals surface area (Å²) < 4.78 is 24.6. The van der Waals surface area contributed by atoms with Crippen molar-refractivity contribution >= 4 is 52.8 Å². The number of esters is 2. The number of thioether (sulfide) groups is 1. The first-order valence-corrected chi connectivity index (χ1v) is 11.7. The first-order valence-electron chi connectivity index (χ1n) is 10.3. The molecule has 7 nitrogen and oxygen atoms in total. The lowest BCUT2D eigenvalue weighted by molar-refractivity contribution is -0.139. The van der Waals surface area contributed by atoms with Crippen LogP contribution in [0, 0.1) is 5.82 Å². The molecule has 0 fully saturated rings. The number of amides is 2.